The Labute approximate surface area is 187 Å². The number of fused-ring (bicyclic) bond motifs is 2. The Kier molecular flexibility index (Phi) is 7.16. The first-order valence-electron chi connectivity index (χ1n) is 10.4. The first-order valence-corrected chi connectivity index (χ1v) is 11.6. The van der Waals surface area contributed by atoms with Gasteiger partial charge >= 0.3 is 5.97 Å². The van der Waals surface area contributed by atoms with Crippen LogP contribution < -0.4 is 0 Å². The molecule has 2 aromatic carbocycles. The van der Waals surface area contributed by atoms with Gasteiger partial charge in [-0.15, -0.1) is 0 Å². The molecule has 2 heterocycles. The summed E-state index contributed by atoms with van der Waals surface area (Å²) in [7, 11) is 1.45. The second kappa shape index (κ2) is 10.0. The number of hydrogen-bond donors (Lipinski definition) is 0. The molecular formula is C24H27ClN2O2S. The number of methoxy groups -OCH3 is 1. The number of rotatable bonds is 6. The van der Waals surface area contributed by atoms with E-state index in [0.717, 1.165) is 50.7 Å². The zero-order valence-corrected chi connectivity index (χ0v) is 18.8. The summed E-state index contributed by atoms with van der Waals surface area (Å²) in [6.07, 6.45) is 3.85. The lowest BCUT2D eigenvalue weighted by Gasteiger charge is -2.34. The van der Waals surface area contributed by atoms with E-state index in [1.54, 1.807) is 0 Å². The van der Waals surface area contributed by atoms with Crippen LogP contribution in [0.25, 0.3) is 5.57 Å². The van der Waals surface area contributed by atoms with Crippen molar-refractivity contribution in [3.63, 3.8) is 0 Å². The minimum Gasteiger partial charge on any atom is -0.469 e. The molecule has 4 rings (SSSR count). The fourth-order valence-electron chi connectivity index (χ4n) is 4.04. The van der Waals surface area contributed by atoms with Gasteiger partial charge in [0.2, 0.25) is 0 Å². The summed E-state index contributed by atoms with van der Waals surface area (Å²) in [6, 6.07) is 14.8. The molecular weight excluding hydrogens is 416 g/mol. The van der Waals surface area contributed by atoms with Gasteiger partial charge in [0.1, 0.15) is 0 Å². The van der Waals surface area contributed by atoms with Crippen LogP contribution in [0, 0.1) is 0 Å². The van der Waals surface area contributed by atoms with Crippen molar-refractivity contribution in [1.29, 1.82) is 0 Å². The summed E-state index contributed by atoms with van der Waals surface area (Å²) in [6.45, 7) is 5.92. The van der Waals surface area contributed by atoms with Gasteiger partial charge in [0, 0.05) is 54.1 Å². The van der Waals surface area contributed by atoms with E-state index >= 15 is 0 Å². The Hall–Kier alpha value is -1.79. The standard InChI is InChI=1S/C24H27ClN2O2S/c1-29-24(28)10-12-27-15-13-26(14-16-27)11-4-6-19-20-5-2-3-7-22(20)30-23-9-8-18(25)17-21(19)23/h2-3,5-9,17H,4,10-16H2,1H3/b19-6+. The fraction of sp³-hybridized carbons (Fsp3) is 0.375. The van der Waals surface area contributed by atoms with Crippen LogP contribution in [-0.4, -0.2) is 62.1 Å². The van der Waals surface area contributed by atoms with E-state index in [9.17, 15) is 4.79 Å². The maximum absolute atomic E-state index is 11.3. The highest BCUT2D eigenvalue weighted by molar-refractivity contribution is 7.99. The van der Waals surface area contributed by atoms with Crippen LogP contribution in [0.5, 0.6) is 0 Å². The Balaban J connectivity index is 1.38. The van der Waals surface area contributed by atoms with E-state index < -0.39 is 0 Å². The first kappa shape index (κ1) is 21.4. The molecule has 4 nitrogen and oxygen atoms in total. The molecule has 0 bridgehead atoms. The lowest BCUT2D eigenvalue weighted by atomic mass is 9.96. The molecule has 0 aliphatic carbocycles. The van der Waals surface area contributed by atoms with Gasteiger partial charge in [0.05, 0.1) is 13.5 Å². The van der Waals surface area contributed by atoms with E-state index in [1.165, 1.54) is 33.6 Å². The molecule has 1 fully saturated rings. The first-order chi connectivity index (χ1) is 14.6. The average Bonchev–Trinajstić information content (AvgIpc) is 2.78. The summed E-state index contributed by atoms with van der Waals surface area (Å²) in [5, 5.41) is 0.780. The van der Waals surface area contributed by atoms with Crippen LogP contribution in [0.15, 0.2) is 58.3 Å². The molecule has 2 aliphatic rings. The highest BCUT2D eigenvalue weighted by Gasteiger charge is 2.21. The van der Waals surface area contributed by atoms with Crippen molar-refractivity contribution in [3.8, 4) is 0 Å². The lowest BCUT2D eigenvalue weighted by Crippen LogP contribution is -2.47. The molecule has 0 atom stereocenters. The quantitative estimate of drug-likeness (QED) is 0.512. The van der Waals surface area contributed by atoms with Crippen LogP contribution >= 0.6 is 23.4 Å². The number of carbonyl (C=O) groups excluding carboxylic acids is 1. The molecule has 0 aromatic heterocycles. The molecule has 0 saturated carbocycles. The van der Waals surface area contributed by atoms with Crippen molar-refractivity contribution in [2.75, 3.05) is 46.4 Å². The van der Waals surface area contributed by atoms with Gasteiger partial charge < -0.3 is 14.5 Å². The minimum absolute atomic E-state index is 0.129. The Morgan fingerprint density at radius 1 is 1.03 bits per heavy atom. The number of ether oxygens (including phenoxy) is 1. The van der Waals surface area contributed by atoms with Crippen molar-refractivity contribution in [2.24, 2.45) is 0 Å². The summed E-state index contributed by atoms with van der Waals surface area (Å²) < 4.78 is 4.74. The second-order valence-corrected chi connectivity index (χ2v) is 9.17. The number of hydrogen-bond acceptors (Lipinski definition) is 5. The Bertz CT molecular complexity index is 939. The SMILES string of the molecule is COC(=O)CCN1CCN(CC/C=C2\c3ccccc3Sc3ccc(Cl)cc32)CC1. The molecule has 2 aromatic rings. The summed E-state index contributed by atoms with van der Waals surface area (Å²) in [5.74, 6) is -0.129. The largest absolute Gasteiger partial charge is 0.469 e. The van der Waals surface area contributed by atoms with Crippen molar-refractivity contribution in [1.82, 2.24) is 9.80 Å². The highest BCUT2D eigenvalue weighted by Crippen LogP contribution is 2.46. The number of esters is 1. The zero-order valence-electron chi connectivity index (χ0n) is 17.3. The van der Waals surface area contributed by atoms with E-state index in [-0.39, 0.29) is 5.97 Å². The van der Waals surface area contributed by atoms with Gasteiger partial charge in [-0.2, -0.15) is 0 Å². The minimum atomic E-state index is -0.129. The number of piperazine rings is 1. The lowest BCUT2D eigenvalue weighted by molar-refractivity contribution is -0.141. The van der Waals surface area contributed by atoms with Crippen LogP contribution in [0.3, 0.4) is 0 Å². The van der Waals surface area contributed by atoms with Gasteiger partial charge in [0.25, 0.3) is 0 Å². The van der Waals surface area contributed by atoms with Crippen molar-refractivity contribution < 1.29 is 9.53 Å². The fourth-order valence-corrected chi connectivity index (χ4v) is 5.30. The third-order valence-electron chi connectivity index (χ3n) is 5.75. The number of halogens is 1. The van der Waals surface area contributed by atoms with Gasteiger partial charge in [0.15, 0.2) is 0 Å². The number of nitrogens with zero attached hydrogens (tertiary/aromatic N) is 2. The predicted molar refractivity (Wildman–Crippen MR) is 123 cm³/mol. The van der Waals surface area contributed by atoms with Crippen LogP contribution in [-0.2, 0) is 9.53 Å². The third-order valence-corrected chi connectivity index (χ3v) is 7.13. The second-order valence-electron chi connectivity index (χ2n) is 7.65. The normalized spacial score (nSPS) is 18.1. The molecule has 0 spiro atoms. The molecule has 0 amide bonds. The Morgan fingerprint density at radius 3 is 2.50 bits per heavy atom. The smallest absolute Gasteiger partial charge is 0.306 e. The third kappa shape index (κ3) is 5.09. The molecule has 1 saturated heterocycles. The Morgan fingerprint density at radius 2 is 1.73 bits per heavy atom. The van der Waals surface area contributed by atoms with Crippen LogP contribution in [0.2, 0.25) is 5.02 Å². The molecule has 158 valence electrons. The van der Waals surface area contributed by atoms with Crippen molar-refractivity contribution in [3.05, 3.63) is 64.7 Å². The summed E-state index contributed by atoms with van der Waals surface area (Å²) in [4.78, 5) is 18.8. The van der Waals surface area contributed by atoms with Gasteiger partial charge in [-0.3, -0.25) is 4.79 Å². The summed E-state index contributed by atoms with van der Waals surface area (Å²) >= 11 is 8.13. The van der Waals surface area contributed by atoms with Crippen molar-refractivity contribution in [2.45, 2.75) is 22.6 Å². The topological polar surface area (TPSA) is 32.8 Å². The van der Waals surface area contributed by atoms with Crippen molar-refractivity contribution >= 4 is 34.9 Å². The number of benzene rings is 2. The van der Waals surface area contributed by atoms with Gasteiger partial charge in [-0.1, -0.05) is 47.6 Å². The van der Waals surface area contributed by atoms with E-state index in [4.69, 9.17) is 16.3 Å². The maximum atomic E-state index is 11.3. The zero-order chi connectivity index (χ0) is 20.9. The highest BCUT2D eigenvalue weighted by atomic mass is 35.5. The van der Waals surface area contributed by atoms with Crippen LogP contribution in [0.1, 0.15) is 24.0 Å². The molecule has 6 heteroatoms. The number of carbonyl (C=O) groups is 1. The monoisotopic (exact) mass is 442 g/mol. The van der Waals surface area contributed by atoms with Crippen LogP contribution in [0.4, 0.5) is 0 Å². The maximum Gasteiger partial charge on any atom is 0.306 e. The molecule has 0 N–H and O–H groups in total. The molecule has 30 heavy (non-hydrogen) atoms. The van der Waals surface area contributed by atoms with E-state index in [1.807, 2.05) is 17.8 Å². The molecule has 2 aliphatic heterocycles. The van der Waals surface area contributed by atoms with E-state index in [0.29, 0.717) is 6.42 Å². The predicted octanol–water partition coefficient (Wildman–Crippen LogP) is 4.81. The van der Waals surface area contributed by atoms with Gasteiger partial charge in [-0.05, 0) is 47.4 Å². The average molecular weight is 443 g/mol. The van der Waals surface area contributed by atoms with E-state index in [2.05, 4.69) is 52.3 Å². The molecule has 0 unspecified atom stereocenters. The van der Waals surface area contributed by atoms with Gasteiger partial charge in [-0.25, -0.2) is 0 Å². The molecule has 0 radical (unpaired) electrons. The summed E-state index contributed by atoms with van der Waals surface area (Å²) in [5.41, 5.74) is 3.82.